The quantitative estimate of drug-likeness (QED) is 0.424. The van der Waals surface area contributed by atoms with Crippen molar-refractivity contribution in [1.82, 2.24) is 20.1 Å². The number of nitro groups is 1. The first kappa shape index (κ1) is 21.7. The number of hydrogen-bond donors (Lipinski definition) is 2. The topological polar surface area (TPSA) is 134 Å². The van der Waals surface area contributed by atoms with Gasteiger partial charge in [0.25, 0.3) is 11.6 Å². The standard InChI is InChI=1S/C24H24N6O4/c1-14-12-17(9-10-19(14)30(33)34)24(32)29-11-3-6-20(29)23(31)25-18-5-2-4-16(13-18)22-26-21(27-28-22)15-7-8-15/h2,4-5,9-10,12-13,15,20H,3,6-8,11H2,1H3,(H,25,31)(H,26,27,28). The Kier molecular flexibility index (Phi) is 5.56. The van der Waals surface area contributed by atoms with Crippen molar-refractivity contribution in [1.29, 1.82) is 0 Å². The molecule has 2 N–H and O–H groups in total. The van der Waals surface area contributed by atoms with Crippen LogP contribution in [0.1, 0.15) is 53.3 Å². The third kappa shape index (κ3) is 4.26. The zero-order valence-electron chi connectivity index (χ0n) is 18.7. The van der Waals surface area contributed by atoms with Crippen LogP contribution in [0.25, 0.3) is 11.4 Å². The van der Waals surface area contributed by atoms with E-state index >= 15 is 0 Å². The van der Waals surface area contributed by atoms with E-state index in [2.05, 4.69) is 20.5 Å². The first-order valence-corrected chi connectivity index (χ1v) is 11.3. The van der Waals surface area contributed by atoms with Gasteiger partial charge in [-0.2, -0.15) is 5.10 Å². The van der Waals surface area contributed by atoms with Crippen molar-refractivity contribution in [2.45, 2.75) is 44.6 Å². The number of carbonyl (C=O) groups excluding carboxylic acids is 2. The first-order valence-electron chi connectivity index (χ1n) is 11.3. The summed E-state index contributed by atoms with van der Waals surface area (Å²) in [4.78, 5) is 42.9. The van der Waals surface area contributed by atoms with Crippen LogP contribution in [0.3, 0.4) is 0 Å². The maximum Gasteiger partial charge on any atom is 0.272 e. The minimum atomic E-state index is -0.614. The monoisotopic (exact) mass is 460 g/mol. The highest BCUT2D eigenvalue weighted by Crippen LogP contribution is 2.38. The van der Waals surface area contributed by atoms with E-state index in [4.69, 9.17) is 0 Å². The fourth-order valence-corrected chi connectivity index (χ4v) is 4.35. The molecule has 2 aliphatic rings. The van der Waals surface area contributed by atoms with Crippen LogP contribution in [-0.4, -0.2) is 49.4 Å². The Morgan fingerprint density at radius 3 is 2.74 bits per heavy atom. The summed E-state index contributed by atoms with van der Waals surface area (Å²) < 4.78 is 0. The number of nitrogens with zero attached hydrogens (tertiary/aromatic N) is 4. The molecule has 10 heteroatoms. The number of amides is 2. The molecule has 1 atom stereocenters. The Morgan fingerprint density at radius 2 is 2.00 bits per heavy atom. The maximum absolute atomic E-state index is 13.1. The first-order chi connectivity index (χ1) is 16.4. The third-order valence-electron chi connectivity index (χ3n) is 6.31. The molecule has 0 spiro atoms. The van der Waals surface area contributed by atoms with E-state index in [0.29, 0.717) is 47.9 Å². The Bertz CT molecular complexity index is 1280. The molecule has 0 bridgehead atoms. The smallest absolute Gasteiger partial charge is 0.272 e. The van der Waals surface area contributed by atoms with Gasteiger partial charge in [0, 0.05) is 40.9 Å². The molecule has 0 radical (unpaired) electrons. The van der Waals surface area contributed by atoms with Crippen molar-refractivity contribution < 1.29 is 14.5 Å². The normalized spacial score (nSPS) is 17.6. The Balaban J connectivity index is 1.30. The number of aryl methyl sites for hydroxylation is 1. The van der Waals surface area contributed by atoms with Crippen LogP contribution in [0.15, 0.2) is 42.5 Å². The summed E-state index contributed by atoms with van der Waals surface area (Å²) in [5.41, 5.74) is 2.10. The molecule has 1 aliphatic heterocycles. The second-order valence-corrected chi connectivity index (χ2v) is 8.80. The number of aromatic nitrogens is 3. The second-order valence-electron chi connectivity index (χ2n) is 8.80. The van der Waals surface area contributed by atoms with Gasteiger partial charge in [-0.1, -0.05) is 12.1 Å². The van der Waals surface area contributed by atoms with Gasteiger partial charge in [-0.25, -0.2) is 4.98 Å². The Labute approximate surface area is 195 Å². The summed E-state index contributed by atoms with van der Waals surface area (Å²) >= 11 is 0. The zero-order valence-corrected chi connectivity index (χ0v) is 18.7. The predicted molar refractivity (Wildman–Crippen MR) is 124 cm³/mol. The maximum atomic E-state index is 13.1. The SMILES string of the molecule is Cc1cc(C(=O)N2CCCC2C(=O)Nc2cccc(-c3n[nH]c(C4CC4)n3)c2)ccc1[N+](=O)[O-]. The van der Waals surface area contributed by atoms with Gasteiger partial charge < -0.3 is 10.2 Å². The number of benzene rings is 2. The Hall–Kier alpha value is -4.08. The summed E-state index contributed by atoms with van der Waals surface area (Å²) in [5.74, 6) is 1.37. The van der Waals surface area contributed by atoms with Gasteiger partial charge in [0.15, 0.2) is 5.82 Å². The number of hydrogen-bond acceptors (Lipinski definition) is 6. The number of anilines is 1. The minimum Gasteiger partial charge on any atom is -0.327 e. The fourth-order valence-electron chi connectivity index (χ4n) is 4.35. The number of carbonyl (C=O) groups is 2. The number of nitrogens with one attached hydrogen (secondary N) is 2. The van der Waals surface area contributed by atoms with Crippen molar-refractivity contribution in [3.8, 4) is 11.4 Å². The van der Waals surface area contributed by atoms with Crippen molar-refractivity contribution in [2.24, 2.45) is 0 Å². The van der Waals surface area contributed by atoms with E-state index < -0.39 is 11.0 Å². The molecular formula is C24H24N6O4. The van der Waals surface area contributed by atoms with Gasteiger partial charge in [-0.3, -0.25) is 24.8 Å². The third-order valence-corrected chi connectivity index (χ3v) is 6.31. The number of likely N-dealkylation sites (tertiary alicyclic amines) is 1. The average Bonchev–Trinajstić information content (AvgIpc) is 3.34. The molecule has 34 heavy (non-hydrogen) atoms. The van der Waals surface area contributed by atoms with Gasteiger partial charge in [0.1, 0.15) is 11.9 Å². The fraction of sp³-hybridized carbons (Fsp3) is 0.333. The molecule has 3 aromatic rings. The summed E-state index contributed by atoms with van der Waals surface area (Å²) in [6.07, 6.45) is 3.51. The van der Waals surface area contributed by atoms with Crippen molar-refractivity contribution in [3.63, 3.8) is 0 Å². The molecule has 2 amide bonds. The van der Waals surface area contributed by atoms with Gasteiger partial charge in [0.05, 0.1) is 4.92 Å². The number of H-pyrrole nitrogens is 1. The van der Waals surface area contributed by atoms with E-state index in [0.717, 1.165) is 24.2 Å². The lowest BCUT2D eigenvalue weighted by Crippen LogP contribution is -2.43. The van der Waals surface area contributed by atoms with Crippen LogP contribution < -0.4 is 5.32 Å². The predicted octanol–water partition coefficient (Wildman–Crippen LogP) is 3.81. The molecular weight excluding hydrogens is 436 g/mol. The molecule has 2 aromatic carbocycles. The molecule has 2 heterocycles. The molecule has 5 rings (SSSR count). The molecule has 1 aromatic heterocycles. The van der Waals surface area contributed by atoms with Crippen LogP contribution in [0, 0.1) is 17.0 Å². The van der Waals surface area contributed by atoms with Crippen LogP contribution >= 0.6 is 0 Å². The largest absolute Gasteiger partial charge is 0.327 e. The number of rotatable bonds is 6. The summed E-state index contributed by atoms with van der Waals surface area (Å²) in [6, 6.07) is 11.0. The molecule has 1 aliphatic carbocycles. The van der Waals surface area contributed by atoms with E-state index in [1.165, 1.54) is 23.1 Å². The average molecular weight is 460 g/mol. The molecule has 10 nitrogen and oxygen atoms in total. The minimum absolute atomic E-state index is 0.0391. The summed E-state index contributed by atoms with van der Waals surface area (Å²) in [6.45, 7) is 2.05. The highest BCUT2D eigenvalue weighted by molar-refractivity contribution is 6.02. The molecule has 1 saturated heterocycles. The van der Waals surface area contributed by atoms with Gasteiger partial charge in [0.2, 0.25) is 5.91 Å². The van der Waals surface area contributed by atoms with Gasteiger partial charge >= 0.3 is 0 Å². The highest BCUT2D eigenvalue weighted by Gasteiger charge is 2.35. The van der Waals surface area contributed by atoms with Crippen LogP contribution in [0.2, 0.25) is 0 Å². The van der Waals surface area contributed by atoms with Gasteiger partial charge in [-0.15, -0.1) is 0 Å². The van der Waals surface area contributed by atoms with Crippen molar-refractivity contribution in [2.75, 3.05) is 11.9 Å². The highest BCUT2D eigenvalue weighted by atomic mass is 16.6. The lowest BCUT2D eigenvalue weighted by atomic mass is 10.1. The second kappa shape index (κ2) is 8.69. The van der Waals surface area contributed by atoms with E-state index in [1.54, 1.807) is 13.0 Å². The van der Waals surface area contributed by atoms with E-state index in [-0.39, 0.29) is 17.5 Å². The van der Waals surface area contributed by atoms with Crippen LogP contribution in [0.4, 0.5) is 11.4 Å². The van der Waals surface area contributed by atoms with Crippen molar-refractivity contribution in [3.05, 3.63) is 69.5 Å². The Morgan fingerprint density at radius 1 is 1.18 bits per heavy atom. The van der Waals surface area contributed by atoms with E-state index in [9.17, 15) is 19.7 Å². The van der Waals surface area contributed by atoms with E-state index in [1.807, 2.05) is 18.2 Å². The number of nitro benzene ring substituents is 1. The summed E-state index contributed by atoms with van der Waals surface area (Å²) in [7, 11) is 0. The molecule has 174 valence electrons. The molecule has 2 fully saturated rings. The summed E-state index contributed by atoms with van der Waals surface area (Å²) in [5, 5.41) is 21.3. The van der Waals surface area contributed by atoms with Gasteiger partial charge in [-0.05, 0) is 56.9 Å². The van der Waals surface area contributed by atoms with Crippen molar-refractivity contribution >= 4 is 23.2 Å². The lowest BCUT2D eigenvalue weighted by Gasteiger charge is -2.24. The lowest BCUT2D eigenvalue weighted by molar-refractivity contribution is -0.385. The molecule has 1 saturated carbocycles. The zero-order chi connectivity index (χ0) is 23.8. The number of aromatic amines is 1. The molecule has 1 unspecified atom stereocenters. The van der Waals surface area contributed by atoms with Crippen LogP contribution in [0.5, 0.6) is 0 Å². The van der Waals surface area contributed by atoms with Crippen LogP contribution in [-0.2, 0) is 4.79 Å².